The maximum absolute atomic E-state index is 11.0. The number of carbonyl (C=O) groups excluding carboxylic acids is 1. The van der Waals surface area contributed by atoms with Crippen LogP contribution in [-0.2, 0) is 9.47 Å². The monoisotopic (exact) mass is 252 g/mol. The van der Waals surface area contributed by atoms with Gasteiger partial charge in [-0.05, 0) is 30.2 Å². The van der Waals surface area contributed by atoms with Gasteiger partial charge < -0.3 is 14.8 Å². The minimum absolute atomic E-state index is 0.447. The standard InChI is InChI=1S/C13H20N2O3/c1-10(9-17-2)8-14-11-4-6-12(7-5-11)15-13(16)18-3/h4-7,10,14H,8-9H2,1-3H3,(H,15,16). The van der Waals surface area contributed by atoms with Crippen LogP contribution in [0.25, 0.3) is 0 Å². The molecule has 0 aliphatic heterocycles. The van der Waals surface area contributed by atoms with E-state index < -0.39 is 6.09 Å². The molecule has 2 N–H and O–H groups in total. The third kappa shape index (κ3) is 5.05. The molecular formula is C13H20N2O3. The number of hydrogen-bond acceptors (Lipinski definition) is 4. The molecule has 0 spiro atoms. The maximum Gasteiger partial charge on any atom is 0.411 e. The number of rotatable bonds is 6. The Morgan fingerprint density at radius 2 is 1.83 bits per heavy atom. The zero-order valence-corrected chi connectivity index (χ0v) is 11.0. The van der Waals surface area contributed by atoms with Crippen LogP contribution in [0.5, 0.6) is 0 Å². The normalized spacial score (nSPS) is 11.7. The molecule has 0 aliphatic rings. The molecule has 0 saturated carbocycles. The van der Waals surface area contributed by atoms with E-state index in [-0.39, 0.29) is 0 Å². The minimum atomic E-state index is -0.468. The van der Waals surface area contributed by atoms with Crippen LogP contribution in [0, 0.1) is 5.92 Å². The predicted octanol–water partition coefficient (Wildman–Crippen LogP) is 2.56. The molecule has 18 heavy (non-hydrogen) atoms. The summed E-state index contributed by atoms with van der Waals surface area (Å²) in [6, 6.07) is 7.45. The molecule has 1 amide bonds. The van der Waals surface area contributed by atoms with Gasteiger partial charge in [0.1, 0.15) is 0 Å². The first-order chi connectivity index (χ1) is 8.65. The van der Waals surface area contributed by atoms with Crippen molar-refractivity contribution in [3.63, 3.8) is 0 Å². The van der Waals surface area contributed by atoms with Gasteiger partial charge in [0.25, 0.3) is 0 Å². The molecule has 1 atom stereocenters. The Labute approximate surface area is 107 Å². The molecule has 0 heterocycles. The van der Waals surface area contributed by atoms with Gasteiger partial charge in [0.2, 0.25) is 0 Å². The molecule has 1 aromatic rings. The number of nitrogens with one attached hydrogen (secondary N) is 2. The third-order valence-electron chi connectivity index (χ3n) is 2.42. The Morgan fingerprint density at radius 3 is 2.39 bits per heavy atom. The van der Waals surface area contributed by atoms with Crippen molar-refractivity contribution in [1.82, 2.24) is 0 Å². The van der Waals surface area contributed by atoms with Gasteiger partial charge in [-0.1, -0.05) is 6.92 Å². The second-order valence-corrected chi connectivity index (χ2v) is 4.14. The van der Waals surface area contributed by atoms with Crippen molar-refractivity contribution in [2.75, 3.05) is 38.0 Å². The average molecular weight is 252 g/mol. The van der Waals surface area contributed by atoms with Gasteiger partial charge in [-0.15, -0.1) is 0 Å². The quantitative estimate of drug-likeness (QED) is 0.817. The van der Waals surface area contributed by atoms with Gasteiger partial charge in [-0.2, -0.15) is 0 Å². The van der Waals surface area contributed by atoms with E-state index in [0.717, 1.165) is 18.8 Å². The van der Waals surface area contributed by atoms with Crippen molar-refractivity contribution in [2.24, 2.45) is 5.92 Å². The molecule has 0 bridgehead atoms. The van der Waals surface area contributed by atoms with E-state index >= 15 is 0 Å². The van der Waals surface area contributed by atoms with E-state index in [4.69, 9.17) is 4.74 Å². The molecule has 0 fully saturated rings. The van der Waals surface area contributed by atoms with Gasteiger partial charge in [-0.25, -0.2) is 4.79 Å². The summed E-state index contributed by atoms with van der Waals surface area (Å²) >= 11 is 0. The summed E-state index contributed by atoms with van der Waals surface area (Å²) in [5.41, 5.74) is 1.71. The van der Waals surface area contributed by atoms with Crippen LogP contribution >= 0.6 is 0 Å². The fourth-order valence-electron chi connectivity index (χ4n) is 1.48. The smallest absolute Gasteiger partial charge is 0.411 e. The Hall–Kier alpha value is -1.75. The van der Waals surface area contributed by atoms with Crippen molar-refractivity contribution in [3.8, 4) is 0 Å². The second-order valence-electron chi connectivity index (χ2n) is 4.14. The maximum atomic E-state index is 11.0. The summed E-state index contributed by atoms with van der Waals surface area (Å²) < 4.78 is 9.58. The highest BCUT2D eigenvalue weighted by Gasteiger charge is 2.02. The average Bonchev–Trinajstić information content (AvgIpc) is 2.38. The number of methoxy groups -OCH3 is 2. The van der Waals surface area contributed by atoms with Crippen LogP contribution in [0.15, 0.2) is 24.3 Å². The van der Waals surface area contributed by atoms with Gasteiger partial charge in [0.05, 0.1) is 13.7 Å². The first-order valence-corrected chi connectivity index (χ1v) is 5.83. The first-order valence-electron chi connectivity index (χ1n) is 5.83. The van der Waals surface area contributed by atoms with E-state index in [1.165, 1.54) is 7.11 Å². The lowest BCUT2D eigenvalue weighted by molar-refractivity contribution is 0.164. The largest absolute Gasteiger partial charge is 0.453 e. The second kappa shape index (κ2) is 7.55. The molecule has 1 rings (SSSR count). The molecule has 0 aliphatic carbocycles. The lowest BCUT2D eigenvalue weighted by Crippen LogP contribution is -2.15. The van der Waals surface area contributed by atoms with Crippen LogP contribution in [0.1, 0.15) is 6.92 Å². The minimum Gasteiger partial charge on any atom is -0.453 e. The van der Waals surface area contributed by atoms with Gasteiger partial charge in [-0.3, -0.25) is 5.32 Å². The molecule has 0 saturated heterocycles. The van der Waals surface area contributed by atoms with Crippen LogP contribution < -0.4 is 10.6 Å². The summed E-state index contributed by atoms with van der Waals surface area (Å²) in [5.74, 6) is 0.447. The highest BCUT2D eigenvalue weighted by molar-refractivity contribution is 5.84. The Morgan fingerprint density at radius 1 is 1.22 bits per heavy atom. The molecule has 5 nitrogen and oxygen atoms in total. The van der Waals surface area contributed by atoms with Crippen LogP contribution in [0.3, 0.4) is 0 Å². The highest BCUT2D eigenvalue weighted by atomic mass is 16.5. The van der Waals surface area contributed by atoms with Crippen molar-refractivity contribution >= 4 is 17.5 Å². The van der Waals surface area contributed by atoms with Gasteiger partial charge in [0.15, 0.2) is 0 Å². The molecule has 0 radical (unpaired) electrons. The summed E-state index contributed by atoms with van der Waals surface area (Å²) in [5, 5.41) is 5.89. The van der Waals surface area contributed by atoms with E-state index in [9.17, 15) is 4.79 Å². The fraction of sp³-hybridized carbons (Fsp3) is 0.462. The van der Waals surface area contributed by atoms with Crippen LogP contribution in [-0.4, -0.2) is 33.5 Å². The zero-order valence-electron chi connectivity index (χ0n) is 11.0. The van der Waals surface area contributed by atoms with Crippen molar-refractivity contribution < 1.29 is 14.3 Å². The van der Waals surface area contributed by atoms with E-state index in [0.29, 0.717) is 11.6 Å². The summed E-state index contributed by atoms with van der Waals surface area (Å²) in [4.78, 5) is 11.0. The Kier molecular flexibility index (Phi) is 6.00. The van der Waals surface area contributed by atoms with Gasteiger partial charge in [0, 0.05) is 25.0 Å². The van der Waals surface area contributed by atoms with Crippen LogP contribution in [0.4, 0.5) is 16.2 Å². The summed E-state index contributed by atoms with van der Waals surface area (Å²) in [6.45, 7) is 3.69. The molecular weight excluding hydrogens is 232 g/mol. The Balaban J connectivity index is 2.42. The third-order valence-corrected chi connectivity index (χ3v) is 2.42. The number of anilines is 2. The SMILES string of the molecule is COCC(C)CNc1ccc(NC(=O)OC)cc1. The van der Waals surface area contributed by atoms with E-state index in [1.807, 2.05) is 24.3 Å². The number of ether oxygens (including phenoxy) is 2. The fourth-order valence-corrected chi connectivity index (χ4v) is 1.48. The lowest BCUT2D eigenvalue weighted by Gasteiger charge is -2.13. The molecule has 1 unspecified atom stereocenters. The van der Waals surface area contributed by atoms with E-state index in [2.05, 4.69) is 22.3 Å². The summed E-state index contributed by atoms with van der Waals surface area (Å²) in [6.07, 6.45) is -0.468. The zero-order chi connectivity index (χ0) is 13.4. The number of amides is 1. The topological polar surface area (TPSA) is 59.6 Å². The number of hydrogen-bond donors (Lipinski definition) is 2. The van der Waals surface area contributed by atoms with Crippen LogP contribution in [0.2, 0.25) is 0 Å². The van der Waals surface area contributed by atoms with E-state index in [1.54, 1.807) is 7.11 Å². The molecule has 100 valence electrons. The van der Waals surface area contributed by atoms with Crippen molar-refractivity contribution in [2.45, 2.75) is 6.92 Å². The van der Waals surface area contributed by atoms with Gasteiger partial charge >= 0.3 is 6.09 Å². The first kappa shape index (κ1) is 14.3. The molecule has 5 heteroatoms. The van der Waals surface area contributed by atoms with Crippen molar-refractivity contribution in [1.29, 1.82) is 0 Å². The van der Waals surface area contributed by atoms with Crippen molar-refractivity contribution in [3.05, 3.63) is 24.3 Å². The molecule has 0 aromatic heterocycles. The number of carbonyl (C=O) groups is 1. The number of benzene rings is 1. The molecule has 1 aromatic carbocycles. The predicted molar refractivity (Wildman–Crippen MR) is 72.0 cm³/mol. The summed E-state index contributed by atoms with van der Waals surface area (Å²) in [7, 11) is 3.03. The Bertz CT molecular complexity index is 365. The lowest BCUT2D eigenvalue weighted by atomic mass is 10.2. The highest BCUT2D eigenvalue weighted by Crippen LogP contribution is 2.14.